The summed E-state index contributed by atoms with van der Waals surface area (Å²) in [6, 6.07) is 10.2. The van der Waals surface area contributed by atoms with Crippen LogP contribution in [-0.2, 0) is 6.42 Å². The maximum atomic E-state index is 5.93. The number of nitrogens with one attached hydrogen (secondary N) is 1. The lowest BCUT2D eigenvalue weighted by Crippen LogP contribution is -2.31. The highest BCUT2D eigenvalue weighted by atomic mass is 16.5. The monoisotopic (exact) mass is 357 g/mol. The molecule has 0 amide bonds. The number of methoxy groups -OCH3 is 2. The van der Waals surface area contributed by atoms with Crippen LogP contribution >= 0.6 is 0 Å². The van der Waals surface area contributed by atoms with Crippen molar-refractivity contribution in [2.45, 2.75) is 26.3 Å². The molecule has 1 unspecified atom stereocenters. The summed E-state index contributed by atoms with van der Waals surface area (Å²) >= 11 is 0. The van der Waals surface area contributed by atoms with Gasteiger partial charge in [-0.25, -0.2) is 0 Å². The second kappa shape index (κ2) is 8.32. The van der Waals surface area contributed by atoms with Gasteiger partial charge in [0.1, 0.15) is 0 Å². The van der Waals surface area contributed by atoms with Crippen molar-refractivity contribution >= 4 is 0 Å². The van der Waals surface area contributed by atoms with Crippen LogP contribution < -0.4 is 24.3 Å². The second-order valence-corrected chi connectivity index (χ2v) is 6.08. The van der Waals surface area contributed by atoms with Crippen molar-refractivity contribution in [1.82, 2.24) is 5.32 Å². The summed E-state index contributed by atoms with van der Waals surface area (Å²) < 4.78 is 22.8. The van der Waals surface area contributed by atoms with E-state index in [0.29, 0.717) is 13.2 Å². The van der Waals surface area contributed by atoms with E-state index in [9.17, 15) is 0 Å². The van der Waals surface area contributed by atoms with Gasteiger partial charge < -0.3 is 24.3 Å². The van der Waals surface area contributed by atoms with E-state index < -0.39 is 0 Å². The number of ether oxygens (including phenoxy) is 4. The molecule has 3 rings (SSSR count). The van der Waals surface area contributed by atoms with E-state index in [1.165, 1.54) is 11.1 Å². The molecule has 1 atom stereocenters. The van der Waals surface area contributed by atoms with Gasteiger partial charge in [-0.3, -0.25) is 0 Å². The Morgan fingerprint density at radius 1 is 0.923 bits per heavy atom. The summed E-state index contributed by atoms with van der Waals surface area (Å²) in [6.45, 7) is 6.02. The number of fused-ring (bicyclic) bond motifs is 1. The Balaban J connectivity index is 2.11. The van der Waals surface area contributed by atoms with E-state index in [2.05, 4.69) is 23.5 Å². The predicted molar refractivity (Wildman–Crippen MR) is 102 cm³/mol. The fraction of sp³-hybridized carbons (Fsp3) is 0.429. The fourth-order valence-corrected chi connectivity index (χ4v) is 3.49. The van der Waals surface area contributed by atoms with Gasteiger partial charge in [0.15, 0.2) is 23.0 Å². The predicted octanol–water partition coefficient (Wildman–Crippen LogP) is 3.74. The van der Waals surface area contributed by atoms with Gasteiger partial charge in [0.05, 0.1) is 33.5 Å². The van der Waals surface area contributed by atoms with Crippen LogP contribution in [0, 0.1) is 0 Å². The Bertz CT molecular complexity index is 760. The average molecular weight is 357 g/mol. The standard InChI is InChI=1S/C21H27NO4/c1-5-25-19-13-16-14(12-18(19)24-4)10-11-22-20(16)15-8-7-9-17(23-3)21(15)26-6-2/h7-9,12-13,20,22H,5-6,10-11H2,1-4H3. The summed E-state index contributed by atoms with van der Waals surface area (Å²) in [4.78, 5) is 0. The molecule has 5 nitrogen and oxygen atoms in total. The molecule has 140 valence electrons. The third-order valence-corrected chi connectivity index (χ3v) is 4.61. The van der Waals surface area contributed by atoms with Gasteiger partial charge in [0.2, 0.25) is 0 Å². The van der Waals surface area contributed by atoms with Gasteiger partial charge >= 0.3 is 0 Å². The molecule has 0 spiro atoms. The molecule has 0 fully saturated rings. The van der Waals surface area contributed by atoms with Crippen LogP contribution in [0.25, 0.3) is 0 Å². The third-order valence-electron chi connectivity index (χ3n) is 4.61. The molecule has 0 aromatic heterocycles. The first-order chi connectivity index (χ1) is 12.7. The smallest absolute Gasteiger partial charge is 0.166 e. The lowest BCUT2D eigenvalue weighted by molar-refractivity contribution is 0.303. The molecule has 1 aliphatic rings. The van der Waals surface area contributed by atoms with Crippen molar-refractivity contribution in [2.24, 2.45) is 0 Å². The molecule has 0 saturated carbocycles. The van der Waals surface area contributed by atoms with Crippen LogP contribution in [0.5, 0.6) is 23.0 Å². The van der Waals surface area contributed by atoms with Crippen molar-refractivity contribution < 1.29 is 18.9 Å². The minimum absolute atomic E-state index is 0.0144. The third kappa shape index (κ3) is 3.44. The van der Waals surface area contributed by atoms with Crippen LogP contribution in [0.1, 0.15) is 36.6 Å². The zero-order valence-electron chi connectivity index (χ0n) is 15.9. The SMILES string of the molecule is CCOc1cc2c(cc1OC)CCNC2c1cccc(OC)c1OCC. The molecule has 26 heavy (non-hydrogen) atoms. The highest BCUT2D eigenvalue weighted by Gasteiger charge is 2.27. The summed E-state index contributed by atoms with van der Waals surface area (Å²) in [6.07, 6.45) is 0.947. The van der Waals surface area contributed by atoms with Crippen molar-refractivity contribution in [2.75, 3.05) is 34.0 Å². The van der Waals surface area contributed by atoms with E-state index in [-0.39, 0.29) is 6.04 Å². The molecule has 5 heteroatoms. The topological polar surface area (TPSA) is 49.0 Å². The van der Waals surface area contributed by atoms with Crippen LogP contribution in [0.2, 0.25) is 0 Å². The van der Waals surface area contributed by atoms with Gasteiger partial charge in [-0.15, -0.1) is 0 Å². The summed E-state index contributed by atoms with van der Waals surface area (Å²) in [5, 5.41) is 3.62. The summed E-state index contributed by atoms with van der Waals surface area (Å²) in [5.74, 6) is 3.08. The zero-order chi connectivity index (χ0) is 18.5. The second-order valence-electron chi connectivity index (χ2n) is 6.08. The quantitative estimate of drug-likeness (QED) is 0.818. The highest BCUT2D eigenvalue weighted by Crippen LogP contribution is 2.42. The van der Waals surface area contributed by atoms with Crippen molar-refractivity contribution in [3.8, 4) is 23.0 Å². The molecule has 0 aliphatic carbocycles. The van der Waals surface area contributed by atoms with Gasteiger partial charge in [-0.05, 0) is 49.6 Å². The van der Waals surface area contributed by atoms with E-state index in [1.54, 1.807) is 14.2 Å². The first-order valence-corrected chi connectivity index (χ1v) is 9.10. The maximum absolute atomic E-state index is 5.93. The normalized spacial score (nSPS) is 15.9. The number of hydrogen-bond acceptors (Lipinski definition) is 5. The molecule has 0 radical (unpaired) electrons. The number of hydrogen-bond donors (Lipinski definition) is 1. The van der Waals surface area contributed by atoms with E-state index in [4.69, 9.17) is 18.9 Å². The fourth-order valence-electron chi connectivity index (χ4n) is 3.49. The molecule has 1 aliphatic heterocycles. The minimum Gasteiger partial charge on any atom is -0.493 e. The van der Waals surface area contributed by atoms with Crippen molar-refractivity contribution in [3.05, 3.63) is 47.0 Å². The van der Waals surface area contributed by atoms with E-state index in [0.717, 1.165) is 41.5 Å². The Morgan fingerprint density at radius 3 is 2.38 bits per heavy atom. The number of para-hydroxylation sites is 1. The zero-order valence-corrected chi connectivity index (χ0v) is 15.9. The summed E-state index contributed by atoms with van der Waals surface area (Å²) in [7, 11) is 3.35. The van der Waals surface area contributed by atoms with E-state index >= 15 is 0 Å². The van der Waals surface area contributed by atoms with Crippen LogP contribution in [0.3, 0.4) is 0 Å². The average Bonchev–Trinajstić information content (AvgIpc) is 2.67. The lowest BCUT2D eigenvalue weighted by atomic mass is 9.88. The Labute approximate surface area is 155 Å². The molecule has 2 aromatic carbocycles. The number of benzene rings is 2. The first-order valence-electron chi connectivity index (χ1n) is 9.10. The largest absolute Gasteiger partial charge is 0.493 e. The van der Waals surface area contributed by atoms with Crippen LogP contribution in [0.4, 0.5) is 0 Å². The first kappa shape index (κ1) is 18.4. The van der Waals surface area contributed by atoms with Gasteiger partial charge in [-0.1, -0.05) is 12.1 Å². The van der Waals surface area contributed by atoms with Gasteiger partial charge in [0, 0.05) is 12.1 Å². The number of rotatable bonds is 7. The molecular formula is C21H27NO4. The summed E-state index contributed by atoms with van der Waals surface area (Å²) in [5.41, 5.74) is 3.52. The van der Waals surface area contributed by atoms with Crippen molar-refractivity contribution in [3.63, 3.8) is 0 Å². The van der Waals surface area contributed by atoms with E-state index in [1.807, 2.05) is 26.0 Å². The maximum Gasteiger partial charge on any atom is 0.166 e. The van der Waals surface area contributed by atoms with Gasteiger partial charge in [0.25, 0.3) is 0 Å². The van der Waals surface area contributed by atoms with Crippen LogP contribution in [0.15, 0.2) is 30.3 Å². The van der Waals surface area contributed by atoms with Crippen LogP contribution in [-0.4, -0.2) is 34.0 Å². The highest BCUT2D eigenvalue weighted by molar-refractivity contribution is 5.56. The Hall–Kier alpha value is -2.40. The molecule has 0 bridgehead atoms. The van der Waals surface area contributed by atoms with Crippen molar-refractivity contribution in [1.29, 1.82) is 0 Å². The minimum atomic E-state index is 0.0144. The lowest BCUT2D eigenvalue weighted by Gasteiger charge is -2.30. The van der Waals surface area contributed by atoms with Gasteiger partial charge in [-0.2, -0.15) is 0 Å². The Morgan fingerprint density at radius 2 is 1.69 bits per heavy atom. The molecule has 1 N–H and O–H groups in total. The Kier molecular flexibility index (Phi) is 5.89. The molecule has 2 aromatic rings. The molecule has 1 heterocycles. The molecule has 0 saturated heterocycles. The molecular weight excluding hydrogens is 330 g/mol.